The Bertz CT molecular complexity index is 538. The molecule has 0 aliphatic heterocycles. The third-order valence-corrected chi connectivity index (χ3v) is 3.21. The molecule has 2 rings (SSSR count). The average molecular weight is 255 g/mol. The van der Waals surface area contributed by atoms with E-state index in [0.29, 0.717) is 10.0 Å². The molecule has 0 amide bonds. The van der Waals surface area contributed by atoms with Crippen molar-refractivity contribution in [2.24, 2.45) is 0 Å². The van der Waals surface area contributed by atoms with Crippen molar-refractivity contribution < 1.29 is 0 Å². The molecule has 0 spiro atoms. The first-order chi connectivity index (χ1) is 7.63. The smallest absolute Gasteiger partial charge is 0.129 e. The first kappa shape index (κ1) is 11.5. The third-order valence-electron chi connectivity index (χ3n) is 2.41. The van der Waals surface area contributed by atoms with Crippen LogP contribution in [-0.4, -0.2) is 11.5 Å². The normalized spacial score (nSPS) is 10.8. The Morgan fingerprint density at radius 2 is 2.06 bits per heavy atom. The topological polar surface area (TPSA) is 24.9 Å². The van der Waals surface area contributed by atoms with Crippen LogP contribution in [0.4, 0.5) is 5.82 Å². The van der Waals surface area contributed by atoms with Gasteiger partial charge in [0.1, 0.15) is 5.82 Å². The van der Waals surface area contributed by atoms with Crippen LogP contribution in [0.15, 0.2) is 18.2 Å². The lowest BCUT2D eigenvalue weighted by Crippen LogP contribution is -2.01. The van der Waals surface area contributed by atoms with Gasteiger partial charge in [0.25, 0.3) is 0 Å². The van der Waals surface area contributed by atoms with Gasteiger partial charge in [0, 0.05) is 11.9 Å². The number of anilines is 1. The minimum absolute atomic E-state index is 0.512. The first-order valence-electron chi connectivity index (χ1n) is 5.12. The van der Waals surface area contributed by atoms with Crippen LogP contribution in [0.5, 0.6) is 0 Å². The van der Waals surface area contributed by atoms with Gasteiger partial charge in [-0.2, -0.15) is 0 Å². The lowest BCUT2D eigenvalue weighted by atomic mass is 10.1. The number of nitrogens with zero attached hydrogens (tertiary/aromatic N) is 1. The molecule has 0 bridgehead atoms. The lowest BCUT2D eigenvalue weighted by molar-refractivity contribution is 1.16. The Kier molecular flexibility index (Phi) is 3.22. The van der Waals surface area contributed by atoms with Crippen LogP contribution in [0, 0.1) is 6.92 Å². The average Bonchev–Trinajstić information content (AvgIpc) is 2.26. The summed E-state index contributed by atoms with van der Waals surface area (Å²) in [5, 5.41) is 5.26. The fourth-order valence-electron chi connectivity index (χ4n) is 1.63. The molecule has 16 heavy (non-hydrogen) atoms. The second-order valence-electron chi connectivity index (χ2n) is 3.62. The van der Waals surface area contributed by atoms with Gasteiger partial charge in [0.15, 0.2) is 0 Å². The van der Waals surface area contributed by atoms with Crippen molar-refractivity contribution in [3.05, 3.63) is 33.8 Å². The van der Waals surface area contributed by atoms with Crippen molar-refractivity contribution in [2.75, 3.05) is 11.9 Å². The molecule has 84 valence electrons. The Hall–Kier alpha value is -0.990. The van der Waals surface area contributed by atoms with Crippen molar-refractivity contribution in [1.82, 2.24) is 4.98 Å². The van der Waals surface area contributed by atoms with Gasteiger partial charge in [-0.25, -0.2) is 4.98 Å². The zero-order valence-corrected chi connectivity index (χ0v) is 10.7. The molecule has 2 aromatic rings. The van der Waals surface area contributed by atoms with Crippen molar-refractivity contribution in [2.45, 2.75) is 13.8 Å². The highest BCUT2D eigenvalue weighted by Gasteiger charge is 2.08. The van der Waals surface area contributed by atoms with Crippen LogP contribution in [-0.2, 0) is 0 Å². The van der Waals surface area contributed by atoms with Crippen LogP contribution < -0.4 is 5.32 Å². The molecule has 0 aliphatic carbocycles. The Balaban J connectivity index is 2.70. The fraction of sp³-hybridized carbons (Fsp3) is 0.250. The molecule has 1 aromatic heterocycles. The van der Waals surface area contributed by atoms with Gasteiger partial charge in [-0.05, 0) is 31.5 Å². The Morgan fingerprint density at radius 1 is 1.31 bits per heavy atom. The summed E-state index contributed by atoms with van der Waals surface area (Å²) in [7, 11) is 0. The highest BCUT2D eigenvalue weighted by Crippen LogP contribution is 2.31. The predicted octanol–water partition coefficient (Wildman–Crippen LogP) is 4.28. The molecule has 0 saturated heterocycles. The molecule has 0 saturated carbocycles. The third kappa shape index (κ3) is 1.95. The minimum atomic E-state index is 0.512. The van der Waals surface area contributed by atoms with Gasteiger partial charge in [-0.1, -0.05) is 29.3 Å². The molecule has 2 nitrogen and oxygen atoms in total. The number of aryl methyl sites for hydroxylation is 1. The number of hydrogen-bond donors (Lipinski definition) is 1. The number of aromatic nitrogens is 1. The summed E-state index contributed by atoms with van der Waals surface area (Å²) in [6.45, 7) is 4.88. The summed E-state index contributed by atoms with van der Waals surface area (Å²) in [4.78, 5) is 4.50. The van der Waals surface area contributed by atoms with E-state index in [1.807, 2.05) is 19.9 Å². The lowest BCUT2D eigenvalue weighted by Gasteiger charge is -2.09. The molecule has 0 radical (unpaired) electrons. The summed E-state index contributed by atoms with van der Waals surface area (Å²) in [5.74, 6) is 0.860. The summed E-state index contributed by atoms with van der Waals surface area (Å²) in [6.07, 6.45) is 0. The van der Waals surface area contributed by atoms with E-state index in [9.17, 15) is 0 Å². The van der Waals surface area contributed by atoms with Crippen LogP contribution >= 0.6 is 23.2 Å². The number of hydrogen-bond acceptors (Lipinski definition) is 2. The zero-order valence-electron chi connectivity index (χ0n) is 9.14. The molecule has 0 fully saturated rings. The SMILES string of the molecule is CCNc1nc2c(Cl)c(Cl)ccc2cc1C. The van der Waals surface area contributed by atoms with Gasteiger partial charge in [0.2, 0.25) is 0 Å². The van der Waals surface area contributed by atoms with Crippen molar-refractivity contribution in [3.8, 4) is 0 Å². The van der Waals surface area contributed by atoms with Crippen LogP contribution in [0.25, 0.3) is 10.9 Å². The molecular weight excluding hydrogens is 243 g/mol. The van der Waals surface area contributed by atoms with Crippen molar-refractivity contribution in [1.29, 1.82) is 0 Å². The second kappa shape index (κ2) is 4.48. The number of halogens is 2. The molecule has 0 aliphatic rings. The van der Waals surface area contributed by atoms with Crippen LogP contribution in [0.3, 0.4) is 0 Å². The maximum Gasteiger partial charge on any atom is 0.129 e. The van der Waals surface area contributed by atoms with E-state index in [4.69, 9.17) is 23.2 Å². The molecule has 0 unspecified atom stereocenters. The second-order valence-corrected chi connectivity index (χ2v) is 4.40. The molecule has 4 heteroatoms. The summed E-state index contributed by atoms with van der Waals surface area (Å²) in [5.41, 5.74) is 1.85. The molecular formula is C12H12Cl2N2. The van der Waals surface area contributed by atoms with Gasteiger partial charge in [-0.15, -0.1) is 0 Å². The van der Waals surface area contributed by atoms with Crippen molar-refractivity contribution in [3.63, 3.8) is 0 Å². The minimum Gasteiger partial charge on any atom is -0.370 e. The number of benzene rings is 1. The van der Waals surface area contributed by atoms with Crippen molar-refractivity contribution >= 4 is 39.9 Å². The van der Waals surface area contributed by atoms with Gasteiger partial charge in [-0.3, -0.25) is 0 Å². The summed E-state index contributed by atoms with van der Waals surface area (Å²) < 4.78 is 0. The fourth-order valence-corrected chi connectivity index (χ4v) is 2.00. The van der Waals surface area contributed by atoms with E-state index in [-0.39, 0.29) is 0 Å². The Labute approximate surface area is 105 Å². The highest BCUT2D eigenvalue weighted by atomic mass is 35.5. The maximum atomic E-state index is 6.13. The van der Waals surface area contributed by atoms with Gasteiger partial charge >= 0.3 is 0 Å². The van der Waals surface area contributed by atoms with E-state index in [0.717, 1.165) is 28.8 Å². The molecule has 0 atom stereocenters. The van der Waals surface area contributed by atoms with E-state index < -0.39 is 0 Å². The number of rotatable bonds is 2. The quantitative estimate of drug-likeness (QED) is 0.866. The largest absolute Gasteiger partial charge is 0.370 e. The summed E-state index contributed by atoms with van der Waals surface area (Å²) in [6, 6.07) is 5.78. The molecule has 1 heterocycles. The van der Waals surface area contributed by atoms with E-state index in [1.165, 1.54) is 0 Å². The number of pyridine rings is 1. The van der Waals surface area contributed by atoms with Gasteiger partial charge < -0.3 is 5.32 Å². The van der Waals surface area contributed by atoms with E-state index >= 15 is 0 Å². The predicted molar refractivity (Wildman–Crippen MR) is 70.7 cm³/mol. The monoisotopic (exact) mass is 254 g/mol. The first-order valence-corrected chi connectivity index (χ1v) is 5.88. The number of nitrogens with one attached hydrogen (secondary N) is 1. The molecule has 1 aromatic carbocycles. The van der Waals surface area contributed by atoms with E-state index in [2.05, 4.69) is 16.4 Å². The van der Waals surface area contributed by atoms with Gasteiger partial charge in [0.05, 0.1) is 15.6 Å². The standard InChI is InChI=1S/C12H12Cl2N2/c1-3-15-12-7(2)6-8-4-5-9(13)10(14)11(8)16-12/h4-6H,3H2,1-2H3,(H,15,16). The summed E-state index contributed by atoms with van der Waals surface area (Å²) >= 11 is 12.1. The van der Waals surface area contributed by atoms with E-state index in [1.54, 1.807) is 6.07 Å². The number of fused-ring (bicyclic) bond motifs is 1. The zero-order chi connectivity index (χ0) is 11.7. The molecule has 1 N–H and O–H groups in total. The Morgan fingerprint density at radius 3 is 2.75 bits per heavy atom. The highest BCUT2D eigenvalue weighted by molar-refractivity contribution is 6.45. The van der Waals surface area contributed by atoms with Crippen LogP contribution in [0.2, 0.25) is 10.0 Å². The maximum absolute atomic E-state index is 6.13. The van der Waals surface area contributed by atoms with Crippen LogP contribution in [0.1, 0.15) is 12.5 Å².